The van der Waals surface area contributed by atoms with Crippen molar-refractivity contribution in [2.45, 2.75) is 12.8 Å². The second kappa shape index (κ2) is 8.03. The van der Waals surface area contributed by atoms with Crippen molar-refractivity contribution in [1.82, 2.24) is 9.88 Å². The zero-order valence-electron chi connectivity index (χ0n) is 12.8. The van der Waals surface area contributed by atoms with Gasteiger partial charge in [0.1, 0.15) is 0 Å². The van der Waals surface area contributed by atoms with E-state index < -0.39 is 0 Å². The molecule has 0 aliphatic rings. The summed E-state index contributed by atoms with van der Waals surface area (Å²) in [4.78, 5) is 17.3. The van der Waals surface area contributed by atoms with Crippen molar-refractivity contribution in [3.05, 3.63) is 73.5 Å². The number of carbonyl (C=O) groups is 1. The summed E-state index contributed by atoms with van der Waals surface area (Å²) in [6, 6.07) is 8.22. The van der Waals surface area contributed by atoms with Crippen LogP contribution in [0.5, 0.6) is 0 Å². The zero-order valence-corrected chi connectivity index (χ0v) is 12.8. The maximum atomic E-state index is 12.2. The number of aromatic amines is 1. The van der Waals surface area contributed by atoms with Gasteiger partial charge in [-0.1, -0.05) is 49.1 Å². The van der Waals surface area contributed by atoms with Crippen LogP contribution in [0.3, 0.4) is 0 Å². The lowest BCUT2D eigenvalue weighted by Crippen LogP contribution is -2.32. The molecule has 2 aromatic rings. The van der Waals surface area contributed by atoms with E-state index >= 15 is 0 Å². The molecule has 0 bridgehead atoms. The summed E-state index contributed by atoms with van der Waals surface area (Å²) >= 11 is 0. The molecule has 0 fully saturated rings. The number of para-hydroxylation sites is 1. The van der Waals surface area contributed by atoms with E-state index in [1.165, 1.54) is 10.9 Å². The monoisotopic (exact) mass is 294 g/mol. The quantitative estimate of drug-likeness (QED) is 0.582. The van der Waals surface area contributed by atoms with E-state index in [9.17, 15) is 4.79 Å². The zero-order chi connectivity index (χ0) is 15.8. The van der Waals surface area contributed by atoms with Crippen LogP contribution in [0.25, 0.3) is 10.9 Å². The van der Waals surface area contributed by atoms with Gasteiger partial charge >= 0.3 is 0 Å². The molecule has 2 rings (SSSR count). The van der Waals surface area contributed by atoms with Crippen LogP contribution in [0.2, 0.25) is 0 Å². The normalized spacial score (nSPS) is 10.9. The first-order valence-electron chi connectivity index (χ1n) is 7.47. The molecule has 114 valence electrons. The molecule has 1 aromatic heterocycles. The van der Waals surface area contributed by atoms with E-state index in [4.69, 9.17) is 0 Å². The van der Waals surface area contributed by atoms with Gasteiger partial charge in [0, 0.05) is 36.6 Å². The average molecular weight is 294 g/mol. The molecule has 1 heterocycles. The molecule has 0 aliphatic heterocycles. The van der Waals surface area contributed by atoms with Crippen LogP contribution in [0.15, 0.2) is 67.9 Å². The Labute approximate surface area is 131 Å². The number of allylic oxidation sites excluding steroid dienone is 2. The fourth-order valence-corrected chi connectivity index (χ4v) is 2.46. The highest BCUT2D eigenvalue weighted by Crippen LogP contribution is 2.18. The third kappa shape index (κ3) is 3.98. The van der Waals surface area contributed by atoms with Gasteiger partial charge in [-0.05, 0) is 18.1 Å². The molecule has 0 radical (unpaired) electrons. The van der Waals surface area contributed by atoms with E-state index in [2.05, 4.69) is 30.3 Å². The molecule has 3 nitrogen and oxygen atoms in total. The minimum absolute atomic E-state index is 0.109. The number of H-pyrrole nitrogens is 1. The minimum Gasteiger partial charge on any atom is -0.361 e. The molecular formula is C19H22N2O. The number of carbonyl (C=O) groups excluding carboxylic acids is 1. The van der Waals surface area contributed by atoms with Crippen LogP contribution < -0.4 is 0 Å². The second-order valence-corrected chi connectivity index (χ2v) is 5.11. The standard InChI is InChI=1S/C19H22N2O/c1-3-5-6-11-19(22)21(13-4-2)14-12-16-15-20-18-10-8-7-9-17(16)18/h3-10,15,20H,1-2,11-14H2. The largest absolute Gasteiger partial charge is 0.361 e. The molecule has 0 aliphatic carbocycles. The Morgan fingerprint density at radius 3 is 2.86 bits per heavy atom. The SMILES string of the molecule is C=CC=CCC(=O)N(CC=C)CCc1c[nH]c2ccccc12. The Kier molecular flexibility index (Phi) is 5.78. The summed E-state index contributed by atoms with van der Waals surface area (Å²) in [5, 5.41) is 1.22. The topological polar surface area (TPSA) is 36.1 Å². The Morgan fingerprint density at radius 2 is 2.09 bits per heavy atom. The van der Waals surface area contributed by atoms with Gasteiger partial charge in [-0.25, -0.2) is 0 Å². The van der Waals surface area contributed by atoms with Gasteiger partial charge in [0.25, 0.3) is 0 Å². The van der Waals surface area contributed by atoms with Gasteiger partial charge in [-0.15, -0.1) is 6.58 Å². The molecule has 22 heavy (non-hydrogen) atoms. The first kappa shape index (κ1) is 15.8. The molecule has 1 N–H and O–H groups in total. The van der Waals surface area contributed by atoms with E-state index in [1.807, 2.05) is 29.3 Å². The molecule has 1 aromatic carbocycles. The van der Waals surface area contributed by atoms with Crippen molar-refractivity contribution in [3.8, 4) is 0 Å². The third-order valence-corrected chi connectivity index (χ3v) is 3.59. The van der Waals surface area contributed by atoms with E-state index in [0.717, 1.165) is 11.9 Å². The maximum Gasteiger partial charge on any atom is 0.226 e. The van der Waals surface area contributed by atoms with Gasteiger partial charge < -0.3 is 9.88 Å². The van der Waals surface area contributed by atoms with Crippen molar-refractivity contribution < 1.29 is 4.79 Å². The maximum absolute atomic E-state index is 12.2. The van der Waals surface area contributed by atoms with Crippen LogP contribution in [-0.2, 0) is 11.2 Å². The Hall–Kier alpha value is -2.55. The summed E-state index contributed by atoms with van der Waals surface area (Å²) in [6.45, 7) is 8.61. The number of nitrogens with one attached hydrogen (secondary N) is 1. The van der Waals surface area contributed by atoms with Gasteiger partial charge in [-0.3, -0.25) is 4.79 Å². The Morgan fingerprint density at radius 1 is 1.27 bits per heavy atom. The van der Waals surface area contributed by atoms with Crippen LogP contribution in [0.1, 0.15) is 12.0 Å². The minimum atomic E-state index is 0.109. The first-order valence-corrected chi connectivity index (χ1v) is 7.47. The Balaban J connectivity index is 2.02. The molecule has 0 atom stereocenters. The predicted molar refractivity (Wildman–Crippen MR) is 92.7 cm³/mol. The average Bonchev–Trinajstić information content (AvgIpc) is 2.95. The van der Waals surface area contributed by atoms with Crippen molar-refractivity contribution in [2.75, 3.05) is 13.1 Å². The predicted octanol–water partition coefficient (Wildman–Crippen LogP) is 3.86. The van der Waals surface area contributed by atoms with Crippen molar-refractivity contribution in [1.29, 1.82) is 0 Å². The summed E-state index contributed by atoms with van der Waals surface area (Å²) in [6.07, 6.45) is 10.3. The molecule has 1 amide bonds. The lowest BCUT2D eigenvalue weighted by Gasteiger charge is -2.20. The van der Waals surface area contributed by atoms with E-state index in [0.29, 0.717) is 19.5 Å². The highest BCUT2D eigenvalue weighted by atomic mass is 16.2. The highest BCUT2D eigenvalue weighted by molar-refractivity contribution is 5.83. The first-order chi connectivity index (χ1) is 10.8. The Bertz CT molecular complexity index is 682. The van der Waals surface area contributed by atoms with Crippen molar-refractivity contribution >= 4 is 16.8 Å². The molecule has 0 unspecified atom stereocenters. The van der Waals surface area contributed by atoms with E-state index in [-0.39, 0.29) is 5.91 Å². The number of aromatic nitrogens is 1. The summed E-state index contributed by atoms with van der Waals surface area (Å²) < 4.78 is 0. The molecule has 3 heteroatoms. The van der Waals surface area contributed by atoms with Crippen LogP contribution >= 0.6 is 0 Å². The molecular weight excluding hydrogens is 272 g/mol. The summed E-state index contributed by atoms with van der Waals surface area (Å²) in [5.41, 5.74) is 2.37. The third-order valence-electron chi connectivity index (χ3n) is 3.59. The number of nitrogens with zero attached hydrogens (tertiary/aromatic N) is 1. The number of fused-ring (bicyclic) bond motifs is 1. The van der Waals surface area contributed by atoms with Crippen molar-refractivity contribution in [2.24, 2.45) is 0 Å². The highest BCUT2D eigenvalue weighted by Gasteiger charge is 2.11. The number of hydrogen-bond donors (Lipinski definition) is 1. The van der Waals surface area contributed by atoms with Crippen LogP contribution in [-0.4, -0.2) is 28.9 Å². The number of hydrogen-bond acceptors (Lipinski definition) is 1. The molecule has 0 saturated heterocycles. The molecule has 0 spiro atoms. The number of rotatable bonds is 8. The van der Waals surface area contributed by atoms with Crippen LogP contribution in [0, 0.1) is 0 Å². The van der Waals surface area contributed by atoms with Gasteiger partial charge in [0.05, 0.1) is 0 Å². The lowest BCUT2D eigenvalue weighted by atomic mass is 10.1. The smallest absolute Gasteiger partial charge is 0.226 e. The van der Waals surface area contributed by atoms with Gasteiger partial charge in [0.15, 0.2) is 0 Å². The van der Waals surface area contributed by atoms with Gasteiger partial charge in [-0.2, -0.15) is 0 Å². The number of benzene rings is 1. The van der Waals surface area contributed by atoms with Crippen molar-refractivity contribution in [3.63, 3.8) is 0 Å². The number of amides is 1. The second-order valence-electron chi connectivity index (χ2n) is 5.11. The van der Waals surface area contributed by atoms with E-state index in [1.54, 1.807) is 18.2 Å². The molecule has 0 saturated carbocycles. The van der Waals surface area contributed by atoms with Gasteiger partial charge in [0.2, 0.25) is 5.91 Å². The summed E-state index contributed by atoms with van der Waals surface area (Å²) in [7, 11) is 0. The lowest BCUT2D eigenvalue weighted by molar-refractivity contribution is -0.129. The fourth-order valence-electron chi connectivity index (χ4n) is 2.46. The van der Waals surface area contributed by atoms with Crippen LogP contribution in [0.4, 0.5) is 0 Å². The fraction of sp³-hybridized carbons (Fsp3) is 0.211. The summed E-state index contributed by atoms with van der Waals surface area (Å²) in [5.74, 6) is 0.109.